The maximum Gasteiger partial charge on any atom is 0.334 e. The van der Waals surface area contributed by atoms with Crippen LogP contribution in [0.25, 0.3) is 0 Å². The molecule has 1 aliphatic heterocycles. The van der Waals surface area contributed by atoms with E-state index in [0.29, 0.717) is 12.0 Å². The molecule has 27 heavy (non-hydrogen) atoms. The lowest BCUT2D eigenvalue weighted by Crippen LogP contribution is -2.32. The molecule has 0 unspecified atom stereocenters. The maximum atomic E-state index is 12.0. The van der Waals surface area contributed by atoms with Crippen LogP contribution < -0.4 is 0 Å². The van der Waals surface area contributed by atoms with Crippen LogP contribution >= 0.6 is 0 Å². The van der Waals surface area contributed by atoms with E-state index >= 15 is 0 Å². The first-order chi connectivity index (χ1) is 12.8. The zero-order valence-corrected chi connectivity index (χ0v) is 16.5. The first-order valence-corrected chi connectivity index (χ1v) is 9.51. The minimum atomic E-state index is -0.851. The molecule has 1 saturated heterocycles. The first-order valence-electron chi connectivity index (χ1n) is 9.51. The van der Waals surface area contributed by atoms with Crippen molar-refractivity contribution in [1.29, 1.82) is 0 Å². The third-order valence-corrected chi connectivity index (χ3v) is 5.21. The van der Waals surface area contributed by atoms with Crippen LogP contribution in [0.4, 0.5) is 0 Å². The van der Waals surface area contributed by atoms with E-state index in [0.717, 1.165) is 36.8 Å². The molecule has 2 aliphatic rings. The minimum Gasteiger partial charge on any atom is -0.461 e. The number of carbonyl (C=O) groups excluding carboxylic acids is 2. The smallest absolute Gasteiger partial charge is 0.334 e. The summed E-state index contributed by atoms with van der Waals surface area (Å²) in [5.74, 6) is -1.06. The van der Waals surface area contributed by atoms with Gasteiger partial charge in [-0.05, 0) is 57.1 Å². The van der Waals surface area contributed by atoms with E-state index < -0.39 is 18.2 Å². The maximum absolute atomic E-state index is 12.0. The Morgan fingerprint density at radius 1 is 1.26 bits per heavy atom. The van der Waals surface area contributed by atoms with Gasteiger partial charge in [0.15, 0.2) is 0 Å². The molecule has 1 N–H and O–H groups in total. The summed E-state index contributed by atoms with van der Waals surface area (Å²) >= 11 is 0. The molecular formula is C22H30O5. The van der Waals surface area contributed by atoms with Crippen LogP contribution in [0.3, 0.4) is 0 Å². The third-order valence-electron chi connectivity index (χ3n) is 5.21. The molecule has 0 bridgehead atoms. The second-order valence-electron chi connectivity index (χ2n) is 7.40. The van der Waals surface area contributed by atoms with E-state index in [1.807, 2.05) is 19.1 Å². The number of hydrogen-bond acceptors (Lipinski definition) is 5. The Labute approximate surface area is 161 Å². The summed E-state index contributed by atoms with van der Waals surface area (Å²) in [6.45, 7) is 9.45. The molecule has 0 radical (unpaired) electrons. The van der Waals surface area contributed by atoms with Crippen LogP contribution in [0.1, 0.15) is 52.9 Å². The number of fused-ring (bicyclic) bond motifs is 1. The molecule has 1 heterocycles. The Kier molecular flexibility index (Phi) is 7.60. The van der Waals surface area contributed by atoms with E-state index in [4.69, 9.17) is 9.47 Å². The minimum absolute atomic E-state index is 0.238. The van der Waals surface area contributed by atoms with Crippen molar-refractivity contribution < 1.29 is 24.2 Å². The highest BCUT2D eigenvalue weighted by molar-refractivity contribution is 5.91. The molecule has 0 aromatic rings. The van der Waals surface area contributed by atoms with Crippen molar-refractivity contribution in [3.63, 3.8) is 0 Å². The number of aliphatic hydroxyl groups excluding tert-OH is 1. The summed E-state index contributed by atoms with van der Waals surface area (Å²) in [7, 11) is 0. The second kappa shape index (κ2) is 9.70. The average molecular weight is 374 g/mol. The van der Waals surface area contributed by atoms with Gasteiger partial charge in [-0.1, -0.05) is 30.4 Å². The third kappa shape index (κ3) is 5.93. The fourth-order valence-corrected chi connectivity index (χ4v) is 3.43. The lowest BCUT2D eigenvalue weighted by molar-refractivity contribution is -0.143. The number of ether oxygens (including phenoxy) is 2. The molecule has 1 aliphatic carbocycles. The van der Waals surface area contributed by atoms with Crippen molar-refractivity contribution in [2.45, 2.75) is 65.1 Å². The topological polar surface area (TPSA) is 72.8 Å². The number of carbonyl (C=O) groups is 2. The van der Waals surface area contributed by atoms with Crippen molar-refractivity contribution in [2.75, 3.05) is 6.61 Å². The van der Waals surface area contributed by atoms with Crippen LogP contribution in [-0.4, -0.2) is 35.9 Å². The monoisotopic (exact) mass is 374 g/mol. The molecule has 0 aromatic heterocycles. The Hall–Kier alpha value is -2.14. The highest BCUT2D eigenvalue weighted by Crippen LogP contribution is 2.34. The lowest BCUT2D eigenvalue weighted by Gasteiger charge is -2.23. The van der Waals surface area contributed by atoms with Gasteiger partial charge in [-0.15, -0.1) is 0 Å². The first kappa shape index (κ1) is 21.2. The number of allylic oxidation sites excluding steroid dienone is 4. The highest BCUT2D eigenvalue weighted by Gasteiger charge is 2.42. The Balaban J connectivity index is 2.29. The van der Waals surface area contributed by atoms with Crippen LogP contribution in [0.5, 0.6) is 0 Å². The van der Waals surface area contributed by atoms with Crippen molar-refractivity contribution >= 4 is 11.9 Å². The molecule has 0 aromatic carbocycles. The predicted octanol–water partition coefficient (Wildman–Crippen LogP) is 3.79. The van der Waals surface area contributed by atoms with Gasteiger partial charge in [-0.2, -0.15) is 0 Å². The molecule has 0 saturated carbocycles. The molecule has 0 amide bonds. The molecule has 1 fully saturated rings. The van der Waals surface area contributed by atoms with Gasteiger partial charge in [-0.25, -0.2) is 4.79 Å². The number of rotatable bonds is 2. The van der Waals surface area contributed by atoms with Crippen LogP contribution in [0.15, 0.2) is 47.1 Å². The quantitative estimate of drug-likeness (QED) is 0.452. The summed E-state index contributed by atoms with van der Waals surface area (Å²) in [6, 6.07) is 0. The summed E-state index contributed by atoms with van der Waals surface area (Å²) in [5.41, 5.74) is 3.48. The molecule has 0 spiro atoms. The van der Waals surface area contributed by atoms with Gasteiger partial charge in [0.1, 0.15) is 18.8 Å². The van der Waals surface area contributed by atoms with Gasteiger partial charge in [0, 0.05) is 18.4 Å². The Morgan fingerprint density at radius 3 is 2.67 bits per heavy atom. The van der Waals surface area contributed by atoms with E-state index in [1.54, 1.807) is 0 Å². The van der Waals surface area contributed by atoms with Crippen molar-refractivity contribution in [3.8, 4) is 0 Å². The van der Waals surface area contributed by atoms with Crippen LogP contribution in [-0.2, 0) is 19.1 Å². The summed E-state index contributed by atoms with van der Waals surface area (Å²) < 4.78 is 10.6. The Bertz CT molecular complexity index is 683. The lowest BCUT2D eigenvalue weighted by atomic mass is 9.87. The van der Waals surface area contributed by atoms with Gasteiger partial charge in [0.2, 0.25) is 0 Å². The summed E-state index contributed by atoms with van der Waals surface area (Å²) in [6.07, 6.45) is 8.63. The Morgan fingerprint density at radius 2 is 1.96 bits per heavy atom. The fraction of sp³-hybridized carbons (Fsp3) is 0.545. The molecule has 5 nitrogen and oxygen atoms in total. The predicted molar refractivity (Wildman–Crippen MR) is 104 cm³/mol. The SMILES string of the molecule is C=C1C(=O)O[C@@H]2[C@@H]1C/C=C(\COC(C)=O)CC/C=C(\C)CC/C=C(\C)[C@H]2O. The van der Waals surface area contributed by atoms with E-state index in [2.05, 4.69) is 19.6 Å². The summed E-state index contributed by atoms with van der Waals surface area (Å²) in [4.78, 5) is 23.2. The van der Waals surface area contributed by atoms with E-state index in [-0.39, 0.29) is 18.5 Å². The average Bonchev–Trinajstić information content (AvgIpc) is 2.90. The number of esters is 2. The van der Waals surface area contributed by atoms with E-state index in [9.17, 15) is 14.7 Å². The van der Waals surface area contributed by atoms with Gasteiger partial charge >= 0.3 is 11.9 Å². The number of aliphatic hydroxyl groups is 1. The van der Waals surface area contributed by atoms with E-state index in [1.165, 1.54) is 12.5 Å². The number of hydrogen-bond donors (Lipinski definition) is 1. The largest absolute Gasteiger partial charge is 0.461 e. The zero-order chi connectivity index (χ0) is 20.0. The fourth-order valence-electron chi connectivity index (χ4n) is 3.43. The summed E-state index contributed by atoms with van der Waals surface area (Å²) in [5, 5.41) is 10.7. The van der Waals surface area contributed by atoms with Crippen molar-refractivity contribution in [3.05, 3.63) is 47.1 Å². The van der Waals surface area contributed by atoms with Gasteiger partial charge in [0.05, 0.1) is 0 Å². The van der Waals surface area contributed by atoms with Gasteiger partial charge < -0.3 is 14.6 Å². The van der Waals surface area contributed by atoms with Crippen molar-refractivity contribution in [2.24, 2.45) is 5.92 Å². The second-order valence-corrected chi connectivity index (χ2v) is 7.40. The van der Waals surface area contributed by atoms with Gasteiger partial charge in [-0.3, -0.25) is 4.79 Å². The molecule has 148 valence electrons. The van der Waals surface area contributed by atoms with Crippen LogP contribution in [0.2, 0.25) is 0 Å². The zero-order valence-electron chi connectivity index (χ0n) is 16.5. The molecule has 5 heteroatoms. The van der Waals surface area contributed by atoms with Crippen molar-refractivity contribution in [1.82, 2.24) is 0 Å². The molecular weight excluding hydrogens is 344 g/mol. The highest BCUT2D eigenvalue weighted by atomic mass is 16.6. The molecule has 3 atom stereocenters. The normalized spacial score (nSPS) is 33.3. The van der Waals surface area contributed by atoms with Gasteiger partial charge in [0.25, 0.3) is 0 Å². The molecule has 2 rings (SSSR count). The standard InChI is InChI=1S/C22H30O5/c1-14-7-5-9-15(2)20(24)21-19(16(3)22(25)27-21)12-11-18(10-6-8-14)13-26-17(4)23/h8-9,11,19-21,24H,3,5-7,10,12-13H2,1-2,4H3/b14-8+,15-9+,18-11-/t19-,20-,21-/m1/s1. The van der Waals surface area contributed by atoms with Crippen LogP contribution in [0, 0.1) is 5.92 Å².